The lowest BCUT2D eigenvalue weighted by atomic mass is 10.2. The van der Waals surface area contributed by atoms with Crippen LogP contribution in [0.3, 0.4) is 0 Å². The van der Waals surface area contributed by atoms with Gasteiger partial charge >= 0.3 is 0 Å². The predicted octanol–water partition coefficient (Wildman–Crippen LogP) is 2.02. The number of nitrogens with one attached hydrogen (secondary N) is 2. The molecule has 2 aromatic heterocycles. The zero-order chi connectivity index (χ0) is 19.1. The van der Waals surface area contributed by atoms with Gasteiger partial charge in [0.15, 0.2) is 0 Å². The Kier molecular flexibility index (Phi) is 7.69. The molecular formula is C18H27N5O2S2. The number of carbonyl (C=O) groups excluding carboxylic acids is 1. The second-order valence-corrected chi connectivity index (χ2v) is 9.03. The van der Waals surface area contributed by atoms with Gasteiger partial charge in [-0.05, 0) is 17.4 Å². The number of hydrogen-bond donors (Lipinski definition) is 2. The van der Waals surface area contributed by atoms with E-state index in [0.717, 1.165) is 38.5 Å². The lowest BCUT2D eigenvalue weighted by Crippen LogP contribution is -2.48. The van der Waals surface area contributed by atoms with Crippen molar-refractivity contribution in [1.29, 1.82) is 0 Å². The van der Waals surface area contributed by atoms with Crippen molar-refractivity contribution >= 4 is 29.0 Å². The molecule has 0 radical (unpaired) electrons. The Hall–Kier alpha value is -1.42. The van der Waals surface area contributed by atoms with Crippen molar-refractivity contribution in [3.05, 3.63) is 28.2 Å². The van der Waals surface area contributed by atoms with E-state index in [9.17, 15) is 4.79 Å². The summed E-state index contributed by atoms with van der Waals surface area (Å²) in [6.07, 6.45) is 0.802. The summed E-state index contributed by atoms with van der Waals surface area (Å²) in [7, 11) is 0. The summed E-state index contributed by atoms with van der Waals surface area (Å²) < 4.78 is 5.76. The van der Waals surface area contributed by atoms with Gasteiger partial charge in [-0.15, -0.1) is 16.4 Å². The van der Waals surface area contributed by atoms with Crippen LogP contribution in [-0.4, -0.2) is 70.6 Å². The van der Waals surface area contributed by atoms with Gasteiger partial charge in [0.1, 0.15) is 5.82 Å². The number of aromatic amines is 1. The first-order valence-corrected chi connectivity index (χ1v) is 11.1. The molecule has 0 spiro atoms. The number of hydrogen-bond acceptors (Lipinski definition) is 7. The number of thiophene rings is 1. The van der Waals surface area contributed by atoms with Crippen LogP contribution in [0.1, 0.15) is 24.5 Å². The molecule has 3 rings (SSSR count). The highest BCUT2D eigenvalue weighted by atomic mass is 32.2. The summed E-state index contributed by atoms with van der Waals surface area (Å²) in [5.41, 5.74) is 0. The highest BCUT2D eigenvalue weighted by molar-refractivity contribution is 7.99. The fraction of sp³-hybridized carbons (Fsp3) is 0.611. The fourth-order valence-corrected chi connectivity index (χ4v) is 4.35. The number of carbonyl (C=O) groups is 1. The molecule has 1 fully saturated rings. The van der Waals surface area contributed by atoms with Gasteiger partial charge < -0.3 is 10.1 Å². The van der Waals surface area contributed by atoms with Crippen LogP contribution in [0.5, 0.6) is 0 Å². The van der Waals surface area contributed by atoms with Crippen molar-refractivity contribution in [2.24, 2.45) is 5.92 Å². The highest BCUT2D eigenvalue weighted by Crippen LogP contribution is 2.16. The smallest absolute Gasteiger partial charge is 0.230 e. The first kappa shape index (κ1) is 20.3. The van der Waals surface area contributed by atoms with Crippen molar-refractivity contribution in [2.45, 2.75) is 31.5 Å². The molecule has 0 aromatic carbocycles. The molecule has 1 unspecified atom stereocenters. The van der Waals surface area contributed by atoms with Crippen molar-refractivity contribution in [1.82, 2.24) is 25.4 Å². The Morgan fingerprint density at radius 3 is 3.22 bits per heavy atom. The fourth-order valence-electron chi connectivity index (χ4n) is 2.99. The quantitative estimate of drug-likeness (QED) is 0.617. The molecule has 1 saturated heterocycles. The number of aromatic nitrogens is 3. The third kappa shape index (κ3) is 6.91. The molecule has 1 aliphatic heterocycles. The molecule has 148 valence electrons. The molecule has 2 aromatic rings. The van der Waals surface area contributed by atoms with E-state index in [1.165, 1.54) is 16.6 Å². The first-order valence-electron chi connectivity index (χ1n) is 9.25. The van der Waals surface area contributed by atoms with Gasteiger partial charge in [0.25, 0.3) is 0 Å². The summed E-state index contributed by atoms with van der Waals surface area (Å²) >= 11 is 3.04. The largest absolute Gasteiger partial charge is 0.374 e. The van der Waals surface area contributed by atoms with Crippen molar-refractivity contribution in [3.8, 4) is 0 Å². The van der Waals surface area contributed by atoms with Crippen LogP contribution >= 0.6 is 23.1 Å². The second kappa shape index (κ2) is 10.2. The number of rotatable bonds is 9. The molecule has 7 nitrogen and oxygen atoms in total. The maximum absolute atomic E-state index is 12.1. The van der Waals surface area contributed by atoms with Gasteiger partial charge in [-0.2, -0.15) is 0 Å². The van der Waals surface area contributed by atoms with Gasteiger partial charge in [0, 0.05) is 37.5 Å². The number of H-pyrrole nitrogens is 1. The molecular weight excluding hydrogens is 382 g/mol. The van der Waals surface area contributed by atoms with Gasteiger partial charge in [-0.1, -0.05) is 31.7 Å². The summed E-state index contributed by atoms with van der Waals surface area (Å²) in [6.45, 7) is 8.63. The van der Waals surface area contributed by atoms with E-state index >= 15 is 0 Å². The Morgan fingerprint density at radius 1 is 1.56 bits per heavy atom. The summed E-state index contributed by atoms with van der Waals surface area (Å²) in [5.74, 6) is 1.75. The molecule has 2 N–H and O–H groups in total. The molecule has 27 heavy (non-hydrogen) atoms. The van der Waals surface area contributed by atoms with Gasteiger partial charge in [0.2, 0.25) is 11.1 Å². The van der Waals surface area contributed by atoms with Crippen LogP contribution < -0.4 is 5.32 Å². The van der Waals surface area contributed by atoms with E-state index in [0.29, 0.717) is 23.4 Å². The van der Waals surface area contributed by atoms with Crippen LogP contribution in [0.4, 0.5) is 0 Å². The van der Waals surface area contributed by atoms with E-state index in [4.69, 9.17) is 4.74 Å². The average Bonchev–Trinajstić information content (AvgIpc) is 3.30. The van der Waals surface area contributed by atoms with Crippen molar-refractivity contribution in [3.63, 3.8) is 0 Å². The number of amides is 1. The first-order chi connectivity index (χ1) is 13.1. The van der Waals surface area contributed by atoms with Gasteiger partial charge in [-0.25, -0.2) is 4.98 Å². The zero-order valence-electron chi connectivity index (χ0n) is 15.8. The standard InChI is InChI=1S/C18H27N5O2S2/c1-13(2)10-23-5-6-25-14(11-23)9-19-17(24)12-27-18-20-16(21-22-18)8-15-4-3-7-26-15/h3-4,7,13-14H,5-6,8-12H2,1-2H3,(H,19,24)(H,20,21,22). The molecule has 0 aliphatic carbocycles. The number of morpholine rings is 1. The Labute approximate surface area is 168 Å². The lowest BCUT2D eigenvalue weighted by molar-refractivity contribution is -0.119. The van der Waals surface area contributed by atoms with E-state index in [-0.39, 0.29) is 12.0 Å². The Bertz CT molecular complexity index is 704. The number of thioether (sulfide) groups is 1. The minimum absolute atomic E-state index is 0.0193. The zero-order valence-corrected chi connectivity index (χ0v) is 17.4. The van der Waals surface area contributed by atoms with Crippen molar-refractivity contribution < 1.29 is 9.53 Å². The monoisotopic (exact) mass is 409 g/mol. The molecule has 1 atom stereocenters. The predicted molar refractivity (Wildman–Crippen MR) is 108 cm³/mol. The molecule has 9 heteroatoms. The Balaban J connectivity index is 1.35. The van der Waals surface area contributed by atoms with Crippen LogP contribution in [0.15, 0.2) is 22.7 Å². The summed E-state index contributed by atoms with van der Waals surface area (Å²) in [6, 6.07) is 4.09. The third-order valence-electron chi connectivity index (χ3n) is 4.14. The number of nitrogens with zero attached hydrogens (tertiary/aromatic N) is 3. The normalized spacial score (nSPS) is 18.1. The van der Waals surface area contributed by atoms with E-state index in [2.05, 4.69) is 45.3 Å². The molecule has 1 amide bonds. The minimum Gasteiger partial charge on any atom is -0.374 e. The SMILES string of the molecule is CC(C)CN1CCOC(CNC(=O)CSc2n[nH]c(Cc3cccs3)n2)C1. The molecule has 3 heterocycles. The summed E-state index contributed by atoms with van der Waals surface area (Å²) in [5, 5.41) is 12.7. The van der Waals surface area contributed by atoms with Gasteiger partial charge in [0.05, 0.1) is 18.5 Å². The third-order valence-corrected chi connectivity index (χ3v) is 5.86. The highest BCUT2D eigenvalue weighted by Gasteiger charge is 2.21. The minimum atomic E-state index is -0.0193. The molecule has 0 bridgehead atoms. The van der Waals surface area contributed by atoms with E-state index in [1.54, 1.807) is 11.3 Å². The summed E-state index contributed by atoms with van der Waals surface area (Å²) in [4.78, 5) is 20.2. The van der Waals surface area contributed by atoms with E-state index < -0.39 is 0 Å². The molecule has 0 saturated carbocycles. The lowest BCUT2D eigenvalue weighted by Gasteiger charge is -2.33. The topological polar surface area (TPSA) is 83.1 Å². The molecule has 1 aliphatic rings. The Morgan fingerprint density at radius 2 is 2.44 bits per heavy atom. The van der Waals surface area contributed by atoms with Crippen LogP contribution in [0.2, 0.25) is 0 Å². The van der Waals surface area contributed by atoms with Crippen LogP contribution in [0.25, 0.3) is 0 Å². The number of ether oxygens (including phenoxy) is 1. The maximum atomic E-state index is 12.1. The maximum Gasteiger partial charge on any atom is 0.230 e. The van der Waals surface area contributed by atoms with E-state index in [1.807, 2.05) is 11.4 Å². The second-order valence-electron chi connectivity index (χ2n) is 7.06. The van der Waals surface area contributed by atoms with Crippen molar-refractivity contribution in [2.75, 3.05) is 38.5 Å². The average molecular weight is 410 g/mol. The van der Waals surface area contributed by atoms with Crippen LogP contribution in [-0.2, 0) is 16.0 Å². The van der Waals surface area contributed by atoms with Crippen LogP contribution in [0, 0.1) is 5.92 Å². The van der Waals surface area contributed by atoms with Gasteiger partial charge in [-0.3, -0.25) is 14.8 Å².